The molecule has 0 fully saturated rings. The van der Waals surface area contributed by atoms with E-state index < -0.39 is 6.23 Å². The molecule has 1 aliphatic heterocycles. The molecule has 0 bridgehead atoms. The molecule has 0 saturated heterocycles. The molecule has 0 aliphatic carbocycles. The summed E-state index contributed by atoms with van der Waals surface area (Å²) in [6, 6.07) is 17.0. The minimum Gasteiger partial charge on any atom is -0.447 e. The Balaban J connectivity index is 1.72. The number of anilines is 1. The molecule has 2 aromatic heterocycles. The average Bonchev–Trinajstić information content (AvgIpc) is 3.08. The van der Waals surface area contributed by atoms with Crippen molar-refractivity contribution in [1.82, 2.24) is 25.0 Å². The molecule has 3 heterocycles. The molecule has 0 unspecified atom stereocenters. The number of amides is 1. The van der Waals surface area contributed by atoms with Gasteiger partial charge in [0.1, 0.15) is 5.15 Å². The Hall–Kier alpha value is -3.69. The number of thioether (sulfide) groups is 1. The van der Waals surface area contributed by atoms with Gasteiger partial charge in [-0.2, -0.15) is 10.1 Å². The third kappa shape index (κ3) is 4.17. The highest BCUT2D eigenvalue weighted by Crippen LogP contribution is 2.45. The van der Waals surface area contributed by atoms with Gasteiger partial charge in [-0.1, -0.05) is 65.8 Å². The van der Waals surface area contributed by atoms with Crippen molar-refractivity contribution < 1.29 is 9.53 Å². The van der Waals surface area contributed by atoms with E-state index >= 15 is 0 Å². The summed E-state index contributed by atoms with van der Waals surface area (Å²) in [4.78, 5) is 19.2. The van der Waals surface area contributed by atoms with Crippen LogP contribution < -0.4 is 9.64 Å². The Morgan fingerprint density at radius 2 is 1.91 bits per heavy atom. The lowest BCUT2D eigenvalue weighted by molar-refractivity contribution is -0.118. The summed E-state index contributed by atoms with van der Waals surface area (Å²) in [5.41, 5.74) is 3.73. The van der Waals surface area contributed by atoms with Crippen molar-refractivity contribution in [3.05, 3.63) is 83.7 Å². The van der Waals surface area contributed by atoms with Crippen LogP contribution in [0.15, 0.2) is 72.4 Å². The van der Waals surface area contributed by atoms with Gasteiger partial charge in [-0.05, 0) is 25.1 Å². The number of para-hydroxylation sites is 2. The number of halogens is 1. The molecular formula is C25H21ClN6O2S. The molecule has 1 amide bonds. The zero-order valence-electron chi connectivity index (χ0n) is 19.1. The van der Waals surface area contributed by atoms with Crippen LogP contribution in [0.4, 0.5) is 5.69 Å². The van der Waals surface area contributed by atoms with Gasteiger partial charge in [-0.25, -0.2) is 4.68 Å². The van der Waals surface area contributed by atoms with Crippen LogP contribution in [0.1, 0.15) is 24.4 Å². The molecule has 8 nitrogen and oxygen atoms in total. The number of carbonyl (C=O) groups is 1. The van der Waals surface area contributed by atoms with Crippen molar-refractivity contribution in [2.45, 2.75) is 25.2 Å². The summed E-state index contributed by atoms with van der Waals surface area (Å²) in [7, 11) is 0. The summed E-state index contributed by atoms with van der Waals surface area (Å²) in [6.07, 6.45) is 0.839. The molecule has 35 heavy (non-hydrogen) atoms. The first-order valence-corrected chi connectivity index (χ1v) is 12.2. The van der Waals surface area contributed by atoms with Crippen molar-refractivity contribution in [3.63, 3.8) is 0 Å². The van der Waals surface area contributed by atoms with Crippen LogP contribution in [0.2, 0.25) is 5.15 Å². The van der Waals surface area contributed by atoms with Crippen molar-refractivity contribution in [2.24, 2.45) is 0 Å². The smallest absolute Gasteiger partial charge is 0.247 e. The summed E-state index contributed by atoms with van der Waals surface area (Å²) in [6.45, 7) is 7.06. The van der Waals surface area contributed by atoms with Gasteiger partial charge in [-0.15, -0.1) is 16.8 Å². The molecule has 0 radical (unpaired) electrons. The number of nitrogens with zero attached hydrogens (tertiary/aromatic N) is 6. The van der Waals surface area contributed by atoms with Gasteiger partial charge >= 0.3 is 0 Å². The topological polar surface area (TPSA) is 86.0 Å². The Morgan fingerprint density at radius 3 is 2.66 bits per heavy atom. The van der Waals surface area contributed by atoms with Crippen molar-refractivity contribution >= 4 is 35.0 Å². The minimum absolute atomic E-state index is 0.229. The SMILES string of the molecule is C=CCSc1nnc2c(n1)O[C@@H](c1c(C)nn(-c3ccccc3)c1Cl)N(C(C)=O)c1ccccc1-2. The molecule has 1 aliphatic rings. The molecule has 0 N–H and O–H groups in total. The second-order valence-electron chi connectivity index (χ2n) is 7.76. The fourth-order valence-electron chi connectivity index (χ4n) is 3.97. The summed E-state index contributed by atoms with van der Waals surface area (Å²) >= 11 is 8.28. The third-order valence-corrected chi connectivity index (χ3v) is 6.67. The van der Waals surface area contributed by atoms with Gasteiger partial charge in [0.15, 0.2) is 5.69 Å². The number of rotatable bonds is 5. The van der Waals surface area contributed by atoms with Crippen LogP contribution >= 0.6 is 23.4 Å². The zero-order chi connectivity index (χ0) is 24.5. The number of aryl methyl sites for hydroxylation is 1. The van der Waals surface area contributed by atoms with Crippen LogP contribution in [0, 0.1) is 6.92 Å². The molecular weight excluding hydrogens is 484 g/mol. The third-order valence-electron chi connectivity index (χ3n) is 5.48. The predicted octanol–water partition coefficient (Wildman–Crippen LogP) is 5.41. The van der Waals surface area contributed by atoms with E-state index in [1.54, 1.807) is 15.7 Å². The quantitative estimate of drug-likeness (QED) is 0.265. The van der Waals surface area contributed by atoms with E-state index in [1.807, 2.05) is 61.5 Å². The van der Waals surface area contributed by atoms with E-state index in [-0.39, 0.29) is 11.8 Å². The van der Waals surface area contributed by atoms with Gasteiger partial charge < -0.3 is 4.74 Å². The Labute approximate surface area is 211 Å². The number of fused-ring (bicyclic) bond motifs is 3. The van der Waals surface area contributed by atoms with E-state index in [1.165, 1.54) is 18.7 Å². The monoisotopic (exact) mass is 504 g/mol. The lowest BCUT2D eigenvalue weighted by Gasteiger charge is -2.29. The molecule has 2 aromatic carbocycles. The molecule has 0 saturated carbocycles. The molecule has 1 atom stereocenters. The number of hydrogen-bond donors (Lipinski definition) is 0. The highest BCUT2D eigenvalue weighted by atomic mass is 35.5. The van der Waals surface area contributed by atoms with E-state index in [4.69, 9.17) is 16.3 Å². The van der Waals surface area contributed by atoms with Gasteiger partial charge in [0.05, 0.1) is 22.6 Å². The summed E-state index contributed by atoms with van der Waals surface area (Å²) < 4.78 is 8.08. The van der Waals surface area contributed by atoms with Crippen molar-refractivity contribution in [2.75, 3.05) is 10.7 Å². The van der Waals surface area contributed by atoms with E-state index in [0.29, 0.717) is 44.3 Å². The van der Waals surface area contributed by atoms with Crippen LogP contribution in [0.5, 0.6) is 5.88 Å². The van der Waals surface area contributed by atoms with Gasteiger partial charge in [0, 0.05) is 18.2 Å². The van der Waals surface area contributed by atoms with Gasteiger partial charge in [0.25, 0.3) is 0 Å². The highest BCUT2D eigenvalue weighted by molar-refractivity contribution is 7.99. The Morgan fingerprint density at radius 1 is 1.17 bits per heavy atom. The van der Waals surface area contributed by atoms with E-state index in [2.05, 4.69) is 26.9 Å². The fraction of sp³-hybridized carbons (Fsp3) is 0.160. The maximum atomic E-state index is 13.1. The average molecular weight is 505 g/mol. The second-order valence-corrected chi connectivity index (χ2v) is 9.11. The first-order valence-electron chi connectivity index (χ1n) is 10.8. The number of benzene rings is 2. The molecule has 5 rings (SSSR count). The number of ether oxygens (including phenoxy) is 1. The fourth-order valence-corrected chi connectivity index (χ4v) is 4.85. The lowest BCUT2D eigenvalue weighted by Crippen LogP contribution is -2.36. The number of carbonyl (C=O) groups excluding carboxylic acids is 1. The van der Waals surface area contributed by atoms with E-state index in [9.17, 15) is 4.79 Å². The largest absolute Gasteiger partial charge is 0.447 e. The van der Waals surface area contributed by atoms with Crippen LogP contribution in [-0.4, -0.2) is 36.6 Å². The normalized spacial score (nSPS) is 14.5. The Kier molecular flexibility index (Phi) is 6.27. The van der Waals surface area contributed by atoms with Gasteiger partial charge in [-0.3, -0.25) is 9.69 Å². The standard InChI is InChI=1S/C25H21ClN6O2S/c1-4-14-35-25-27-23-21(28-29-25)18-12-8-9-13-19(18)31(16(3)33)24(34-23)20-15(2)30-32(22(20)26)17-10-6-5-7-11-17/h4-13,24H,1,14H2,2-3H3/t24-/m0/s1. The van der Waals surface area contributed by atoms with Crippen LogP contribution in [0.3, 0.4) is 0 Å². The summed E-state index contributed by atoms with van der Waals surface area (Å²) in [5.74, 6) is 0.651. The first kappa shape index (κ1) is 23.1. The van der Waals surface area contributed by atoms with Crippen LogP contribution in [-0.2, 0) is 4.79 Å². The minimum atomic E-state index is -0.922. The summed E-state index contributed by atoms with van der Waals surface area (Å²) in [5, 5.41) is 14.1. The van der Waals surface area contributed by atoms with E-state index in [0.717, 1.165) is 5.69 Å². The van der Waals surface area contributed by atoms with Crippen molar-refractivity contribution in [3.8, 4) is 22.8 Å². The zero-order valence-corrected chi connectivity index (χ0v) is 20.6. The molecule has 10 heteroatoms. The second kappa shape index (κ2) is 9.52. The lowest BCUT2D eigenvalue weighted by atomic mass is 10.1. The maximum absolute atomic E-state index is 13.1. The predicted molar refractivity (Wildman–Crippen MR) is 136 cm³/mol. The molecule has 0 spiro atoms. The van der Waals surface area contributed by atoms with Gasteiger partial charge in [0.2, 0.25) is 23.2 Å². The maximum Gasteiger partial charge on any atom is 0.247 e. The molecule has 4 aromatic rings. The number of aromatic nitrogens is 5. The van der Waals surface area contributed by atoms with Crippen LogP contribution in [0.25, 0.3) is 16.9 Å². The molecule has 176 valence electrons. The highest BCUT2D eigenvalue weighted by Gasteiger charge is 2.38. The number of hydrogen-bond acceptors (Lipinski definition) is 7. The Bertz CT molecular complexity index is 1420. The first-order chi connectivity index (χ1) is 17.0. The van der Waals surface area contributed by atoms with Crippen molar-refractivity contribution in [1.29, 1.82) is 0 Å².